The van der Waals surface area contributed by atoms with Gasteiger partial charge in [-0.25, -0.2) is 4.98 Å². The van der Waals surface area contributed by atoms with Crippen LogP contribution in [0.15, 0.2) is 6.07 Å². The average Bonchev–Trinajstić information content (AvgIpc) is 2.90. The largest absolute Gasteiger partial charge is 0.391 e. The van der Waals surface area contributed by atoms with Gasteiger partial charge < -0.3 is 10.0 Å². The van der Waals surface area contributed by atoms with Gasteiger partial charge in [0.1, 0.15) is 5.82 Å². The predicted octanol–water partition coefficient (Wildman–Crippen LogP) is 2.08. The first-order chi connectivity index (χ1) is 12.0. The average molecular weight is 343 g/mol. The summed E-state index contributed by atoms with van der Waals surface area (Å²) in [5.74, 6) is 1.14. The van der Waals surface area contributed by atoms with E-state index in [1.165, 1.54) is 12.8 Å². The van der Waals surface area contributed by atoms with E-state index in [1.54, 1.807) is 0 Å². The maximum absolute atomic E-state index is 10.3. The molecule has 1 saturated carbocycles. The summed E-state index contributed by atoms with van der Waals surface area (Å²) in [4.78, 5) is 9.59. The molecule has 0 radical (unpaired) electrons. The zero-order valence-electron chi connectivity index (χ0n) is 15.6. The van der Waals surface area contributed by atoms with Crippen molar-refractivity contribution in [3.8, 4) is 0 Å². The Bertz CT molecular complexity index is 763. The molecule has 25 heavy (non-hydrogen) atoms. The zero-order valence-corrected chi connectivity index (χ0v) is 15.6. The molecule has 1 saturated heterocycles. The van der Waals surface area contributed by atoms with E-state index in [1.807, 2.05) is 11.4 Å². The molecule has 0 bridgehead atoms. The van der Waals surface area contributed by atoms with Crippen LogP contribution in [0.4, 0.5) is 5.82 Å². The molecule has 1 N–H and O–H groups in total. The van der Waals surface area contributed by atoms with Crippen molar-refractivity contribution in [2.24, 2.45) is 0 Å². The number of aliphatic hydroxyl groups is 1. The van der Waals surface area contributed by atoms with Gasteiger partial charge in [-0.15, -0.1) is 0 Å². The highest BCUT2D eigenvalue weighted by atomic mass is 16.3. The third kappa shape index (κ3) is 3.02. The van der Waals surface area contributed by atoms with Crippen LogP contribution < -0.4 is 4.90 Å². The van der Waals surface area contributed by atoms with E-state index >= 15 is 0 Å². The number of aliphatic hydroxyl groups excluding tert-OH is 1. The highest BCUT2D eigenvalue weighted by Gasteiger charge is 2.31. The Balaban J connectivity index is 1.55. The van der Waals surface area contributed by atoms with Crippen molar-refractivity contribution in [2.75, 3.05) is 31.1 Å². The SMILES string of the molecule is Cc1cc(N2CCN(C3CCCCC3O)CC2)n2nc(C)c(C)c2n1. The van der Waals surface area contributed by atoms with Crippen LogP contribution in [-0.2, 0) is 0 Å². The molecule has 136 valence electrons. The van der Waals surface area contributed by atoms with Crippen LogP contribution in [0.3, 0.4) is 0 Å². The Morgan fingerprint density at radius 1 is 1.04 bits per heavy atom. The van der Waals surface area contributed by atoms with Crippen LogP contribution in [0.2, 0.25) is 0 Å². The normalized spacial score (nSPS) is 25.7. The van der Waals surface area contributed by atoms with Crippen molar-refractivity contribution in [2.45, 2.75) is 58.6 Å². The van der Waals surface area contributed by atoms with Crippen LogP contribution in [0, 0.1) is 20.8 Å². The second-order valence-electron chi connectivity index (χ2n) is 7.64. The fourth-order valence-electron chi connectivity index (χ4n) is 4.36. The summed E-state index contributed by atoms with van der Waals surface area (Å²) < 4.78 is 2.00. The quantitative estimate of drug-likeness (QED) is 0.905. The van der Waals surface area contributed by atoms with Gasteiger partial charge >= 0.3 is 0 Å². The van der Waals surface area contributed by atoms with E-state index in [0.29, 0.717) is 6.04 Å². The van der Waals surface area contributed by atoms with Gasteiger partial charge in [-0.3, -0.25) is 4.90 Å². The standard InChI is InChI=1S/C19H29N5O/c1-13-12-18(24-19(20-13)14(2)15(3)21-24)23-10-8-22(9-11-23)16-6-4-5-7-17(16)25/h12,16-17,25H,4-11H2,1-3H3. The van der Waals surface area contributed by atoms with Crippen LogP contribution in [0.5, 0.6) is 0 Å². The van der Waals surface area contributed by atoms with Crippen LogP contribution in [-0.4, -0.2) is 62.9 Å². The maximum Gasteiger partial charge on any atom is 0.160 e. The number of rotatable bonds is 2. The summed E-state index contributed by atoms with van der Waals surface area (Å²) in [7, 11) is 0. The maximum atomic E-state index is 10.3. The van der Waals surface area contributed by atoms with Crippen molar-refractivity contribution < 1.29 is 5.11 Å². The fourth-order valence-corrected chi connectivity index (χ4v) is 4.36. The number of nitrogens with zero attached hydrogens (tertiary/aromatic N) is 5. The van der Waals surface area contributed by atoms with E-state index in [0.717, 1.165) is 67.4 Å². The summed E-state index contributed by atoms with van der Waals surface area (Å²) >= 11 is 0. The number of hydrogen-bond acceptors (Lipinski definition) is 5. The third-order valence-electron chi connectivity index (χ3n) is 5.97. The zero-order chi connectivity index (χ0) is 17.6. The van der Waals surface area contributed by atoms with Gasteiger partial charge in [-0.1, -0.05) is 12.8 Å². The molecule has 1 aliphatic carbocycles. The van der Waals surface area contributed by atoms with Gasteiger partial charge in [0.05, 0.1) is 11.8 Å². The van der Waals surface area contributed by atoms with E-state index < -0.39 is 0 Å². The Morgan fingerprint density at radius 2 is 1.76 bits per heavy atom. The molecule has 2 aliphatic rings. The predicted molar refractivity (Wildman–Crippen MR) is 99.2 cm³/mol. The molecule has 0 spiro atoms. The third-order valence-corrected chi connectivity index (χ3v) is 5.97. The number of piperazine rings is 1. The molecule has 4 rings (SSSR count). The lowest BCUT2D eigenvalue weighted by atomic mass is 9.91. The van der Waals surface area contributed by atoms with Crippen molar-refractivity contribution in [1.82, 2.24) is 19.5 Å². The Labute approximate surface area is 149 Å². The summed E-state index contributed by atoms with van der Waals surface area (Å²) in [5, 5.41) is 15.0. The second-order valence-corrected chi connectivity index (χ2v) is 7.64. The molecule has 2 fully saturated rings. The van der Waals surface area contributed by atoms with Crippen molar-refractivity contribution >= 4 is 11.5 Å². The number of fused-ring (bicyclic) bond motifs is 1. The summed E-state index contributed by atoms with van der Waals surface area (Å²) in [6, 6.07) is 2.49. The Morgan fingerprint density at radius 3 is 2.48 bits per heavy atom. The molecule has 2 aromatic heterocycles. The van der Waals surface area contributed by atoms with Crippen LogP contribution >= 0.6 is 0 Å². The lowest BCUT2D eigenvalue weighted by molar-refractivity contribution is 0.0172. The fraction of sp³-hybridized carbons (Fsp3) is 0.684. The first-order valence-corrected chi connectivity index (χ1v) is 9.55. The number of anilines is 1. The molecule has 6 nitrogen and oxygen atoms in total. The van der Waals surface area contributed by atoms with Crippen molar-refractivity contribution in [1.29, 1.82) is 0 Å². The smallest absolute Gasteiger partial charge is 0.160 e. The highest BCUT2D eigenvalue weighted by molar-refractivity contribution is 5.57. The van der Waals surface area contributed by atoms with Gasteiger partial charge in [-0.2, -0.15) is 9.61 Å². The number of aromatic nitrogens is 3. The molecule has 0 amide bonds. The molecule has 6 heteroatoms. The first-order valence-electron chi connectivity index (χ1n) is 9.55. The molecule has 3 heterocycles. The van der Waals surface area contributed by atoms with Crippen molar-refractivity contribution in [3.05, 3.63) is 23.0 Å². The minimum absolute atomic E-state index is 0.147. The van der Waals surface area contributed by atoms with E-state index in [9.17, 15) is 5.11 Å². The Hall–Kier alpha value is -1.66. The molecule has 2 atom stereocenters. The minimum Gasteiger partial charge on any atom is -0.391 e. The molecular weight excluding hydrogens is 314 g/mol. The number of hydrogen-bond donors (Lipinski definition) is 1. The van der Waals surface area contributed by atoms with Crippen molar-refractivity contribution in [3.63, 3.8) is 0 Å². The van der Waals surface area contributed by atoms with Gasteiger partial charge in [0, 0.05) is 49.5 Å². The van der Waals surface area contributed by atoms with E-state index in [2.05, 4.69) is 34.7 Å². The summed E-state index contributed by atoms with van der Waals surface area (Å²) in [5.41, 5.74) is 4.21. The number of aryl methyl sites for hydroxylation is 3. The van der Waals surface area contributed by atoms with E-state index in [4.69, 9.17) is 5.10 Å². The van der Waals surface area contributed by atoms with Crippen LogP contribution in [0.1, 0.15) is 42.6 Å². The molecular formula is C19H29N5O. The van der Waals surface area contributed by atoms with Crippen LogP contribution in [0.25, 0.3) is 5.65 Å². The van der Waals surface area contributed by atoms with Gasteiger partial charge in [0.25, 0.3) is 0 Å². The minimum atomic E-state index is -0.147. The molecule has 0 aromatic carbocycles. The lowest BCUT2D eigenvalue weighted by Gasteiger charge is -2.43. The lowest BCUT2D eigenvalue weighted by Crippen LogP contribution is -2.54. The van der Waals surface area contributed by atoms with Gasteiger partial charge in [-0.05, 0) is 33.6 Å². The molecule has 1 aliphatic heterocycles. The monoisotopic (exact) mass is 343 g/mol. The van der Waals surface area contributed by atoms with E-state index in [-0.39, 0.29) is 6.10 Å². The molecule has 2 unspecified atom stereocenters. The highest BCUT2D eigenvalue weighted by Crippen LogP contribution is 2.26. The summed E-state index contributed by atoms with van der Waals surface area (Å²) in [6.07, 6.45) is 4.37. The molecule has 2 aromatic rings. The Kier molecular flexibility index (Phi) is 4.41. The van der Waals surface area contributed by atoms with Gasteiger partial charge in [0.2, 0.25) is 0 Å². The second kappa shape index (κ2) is 6.57. The topological polar surface area (TPSA) is 56.9 Å². The van der Waals surface area contributed by atoms with Gasteiger partial charge in [0.15, 0.2) is 5.65 Å². The first kappa shape index (κ1) is 16.8. The summed E-state index contributed by atoms with van der Waals surface area (Å²) in [6.45, 7) is 10.1.